The van der Waals surface area contributed by atoms with Crippen molar-refractivity contribution in [2.24, 2.45) is 0 Å². The fourth-order valence-electron chi connectivity index (χ4n) is 1.99. The zero-order chi connectivity index (χ0) is 13.6. The van der Waals surface area contributed by atoms with Crippen molar-refractivity contribution >= 4 is 15.7 Å². The molecule has 1 aromatic carbocycles. The second-order valence-electron chi connectivity index (χ2n) is 4.74. The molecule has 18 heavy (non-hydrogen) atoms. The van der Waals surface area contributed by atoms with Crippen LogP contribution in [0.2, 0.25) is 0 Å². The summed E-state index contributed by atoms with van der Waals surface area (Å²) in [6.45, 7) is 1.76. The molecule has 7 heteroatoms. The summed E-state index contributed by atoms with van der Waals surface area (Å²) in [5, 5.41) is 9.79. The summed E-state index contributed by atoms with van der Waals surface area (Å²) >= 11 is 0. The molecule has 1 aliphatic rings. The molecular weight excluding hydrogens is 259 g/mol. The van der Waals surface area contributed by atoms with Gasteiger partial charge in [-0.15, -0.1) is 0 Å². The van der Waals surface area contributed by atoms with Crippen molar-refractivity contribution in [1.29, 1.82) is 0 Å². The fourth-order valence-corrected chi connectivity index (χ4v) is 3.67. The number of nitrogens with zero attached hydrogens (tertiary/aromatic N) is 1. The van der Waals surface area contributed by atoms with E-state index >= 15 is 0 Å². The van der Waals surface area contributed by atoms with Crippen LogP contribution in [0.25, 0.3) is 0 Å². The number of β-amino-alcohol motifs (C(OH)–C–C–N with tert-alkyl or cyclic N) is 1. The molecule has 0 spiro atoms. The van der Waals surface area contributed by atoms with Crippen LogP contribution in [0.3, 0.4) is 0 Å². The van der Waals surface area contributed by atoms with Crippen LogP contribution in [0.1, 0.15) is 13.3 Å². The highest BCUT2D eigenvalue weighted by atomic mass is 32.2. The Balaban J connectivity index is 2.41. The highest BCUT2D eigenvalue weighted by molar-refractivity contribution is 7.89. The predicted octanol–water partition coefficient (Wildman–Crippen LogP) is 0.553. The number of para-hydroxylation sites is 1. The second-order valence-corrected chi connectivity index (χ2v) is 6.64. The van der Waals surface area contributed by atoms with Crippen molar-refractivity contribution < 1.29 is 17.9 Å². The summed E-state index contributed by atoms with van der Waals surface area (Å²) in [6.07, 6.45) is 0.349. The van der Waals surface area contributed by atoms with Crippen molar-refractivity contribution in [2.45, 2.75) is 23.8 Å². The average molecular weight is 274 g/mol. The number of halogens is 1. The summed E-state index contributed by atoms with van der Waals surface area (Å²) in [4.78, 5) is -0.250. The van der Waals surface area contributed by atoms with Crippen molar-refractivity contribution in [3.8, 4) is 0 Å². The number of anilines is 1. The van der Waals surface area contributed by atoms with Crippen molar-refractivity contribution in [3.63, 3.8) is 0 Å². The lowest BCUT2D eigenvalue weighted by Gasteiger charge is -2.19. The van der Waals surface area contributed by atoms with Crippen LogP contribution in [-0.2, 0) is 10.0 Å². The number of aliphatic hydroxyl groups is 1. The summed E-state index contributed by atoms with van der Waals surface area (Å²) in [5.74, 6) is -0.762. The molecule has 3 N–H and O–H groups in total. The number of nitrogens with two attached hydrogens (primary N) is 1. The molecule has 0 radical (unpaired) electrons. The zero-order valence-corrected chi connectivity index (χ0v) is 10.7. The van der Waals surface area contributed by atoms with Crippen LogP contribution in [-0.4, -0.2) is 36.5 Å². The number of rotatable bonds is 2. The molecule has 1 unspecified atom stereocenters. The highest BCUT2D eigenvalue weighted by Gasteiger charge is 2.39. The third kappa shape index (κ3) is 2.21. The number of hydrogen-bond donors (Lipinski definition) is 2. The molecule has 0 amide bonds. The minimum Gasteiger partial charge on any atom is -0.395 e. The standard InChI is InChI=1S/C11H15FN2O3S/c1-11(15)5-6-14(7-11)18(16,17)9-4-2-3-8(12)10(9)13/h2-4,15H,5-7,13H2,1H3. The van der Waals surface area contributed by atoms with Gasteiger partial charge in [0.1, 0.15) is 10.7 Å². The summed E-state index contributed by atoms with van der Waals surface area (Å²) in [5.41, 5.74) is 4.03. The Morgan fingerprint density at radius 3 is 2.72 bits per heavy atom. The van der Waals surface area contributed by atoms with E-state index in [1.807, 2.05) is 0 Å². The lowest BCUT2D eigenvalue weighted by atomic mass is 10.1. The van der Waals surface area contributed by atoms with Crippen LogP contribution >= 0.6 is 0 Å². The third-order valence-electron chi connectivity index (χ3n) is 3.05. The Kier molecular flexibility index (Phi) is 3.08. The van der Waals surface area contributed by atoms with E-state index in [2.05, 4.69) is 0 Å². The molecule has 0 aromatic heterocycles. The van der Waals surface area contributed by atoms with E-state index in [-0.39, 0.29) is 23.7 Å². The average Bonchev–Trinajstić information content (AvgIpc) is 2.63. The molecule has 1 saturated heterocycles. The second kappa shape index (κ2) is 4.18. The maximum atomic E-state index is 13.3. The molecule has 1 fully saturated rings. The monoisotopic (exact) mass is 274 g/mol. The Morgan fingerprint density at radius 1 is 1.50 bits per heavy atom. The first-order chi connectivity index (χ1) is 8.24. The Bertz CT molecular complexity index is 572. The lowest BCUT2D eigenvalue weighted by Crippen LogP contribution is -2.34. The molecule has 0 aliphatic carbocycles. The highest BCUT2D eigenvalue weighted by Crippen LogP contribution is 2.30. The van der Waals surface area contributed by atoms with Crippen molar-refractivity contribution in [2.75, 3.05) is 18.8 Å². The van der Waals surface area contributed by atoms with E-state index in [1.165, 1.54) is 12.1 Å². The first kappa shape index (κ1) is 13.3. The molecular formula is C11H15FN2O3S. The maximum absolute atomic E-state index is 13.3. The van der Waals surface area contributed by atoms with E-state index in [1.54, 1.807) is 6.92 Å². The van der Waals surface area contributed by atoms with E-state index in [4.69, 9.17) is 5.73 Å². The van der Waals surface area contributed by atoms with Gasteiger partial charge in [-0.25, -0.2) is 12.8 Å². The van der Waals surface area contributed by atoms with E-state index < -0.39 is 21.4 Å². The largest absolute Gasteiger partial charge is 0.395 e. The van der Waals surface area contributed by atoms with Gasteiger partial charge in [0, 0.05) is 13.1 Å². The van der Waals surface area contributed by atoms with Crippen LogP contribution in [0.15, 0.2) is 23.1 Å². The van der Waals surface area contributed by atoms with E-state index in [0.29, 0.717) is 6.42 Å². The predicted molar refractivity (Wildman–Crippen MR) is 64.8 cm³/mol. The number of benzene rings is 1. The van der Waals surface area contributed by atoms with Gasteiger partial charge in [0.15, 0.2) is 0 Å². The minimum atomic E-state index is -3.85. The SMILES string of the molecule is CC1(O)CCN(S(=O)(=O)c2cccc(F)c2N)C1. The van der Waals surface area contributed by atoms with Gasteiger partial charge < -0.3 is 10.8 Å². The first-order valence-corrected chi connectivity index (χ1v) is 6.94. The molecule has 0 saturated carbocycles. The number of sulfonamides is 1. The first-order valence-electron chi connectivity index (χ1n) is 5.50. The summed E-state index contributed by atoms with van der Waals surface area (Å²) in [6, 6.07) is 3.67. The smallest absolute Gasteiger partial charge is 0.245 e. The third-order valence-corrected chi connectivity index (χ3v) is 4.95. The van der Waals surface area contributed by atoms with Gasteiger partial charge in [-0.1, -0.05) is 6.07 Å². The normalized spacial score (nSPS) is 25.5. The van der Waals surface area contributed by atoms with Gasteiger partial charge in [-0.3, -0.25) is 0 Å². The van der Waals surface area contributed by atoms with Crippen LogP contribution in [0.5, 0.6) is 0 Å². The molecule has 1 atom stereocenters. The zero-order valence-electron chi connectivity index (χ0n) is 9.93. The summed E-state index contributed by atoms with van der Waals surface area (Å²) in [7, 11) is -3.85. The fraction of sp³-hybridized carbons (Fsp3) is 0.455. The van der Waals surface area contributed by atoms with Gasteiger partial charge in [0.2, 0.25) is 10.0 Å². The van der Waals surface area contributed by atoms with Gasteiger partial charge in [-0.2, -0.15) is 4.31 Å². The van der Waals surface area contributed by atoms with Gasteiger partial charge in [-0.05, 0) is 25.5 Å². The lowest BCUT2D eigenvalue weighted by molar-refractivity contribution is 0.0762. The molecule has 5 nitrogen and oxygen atoms in total. The molecule has 2 rings (SSSR count). The Morgan fingerprint density at radius 2 is 2.17 bits per heavy atom. The summed E-state index contributed by atoms with van der Waals surface area (Å²) < 4.78 is 38.9. The Labute approximate surface area is 105 Å². The van der Waals surface area contributed by atoms with E-state index in [0.717, 1.165) is 10.4 Å². The van der Waals surface area contributed by atoms with Crippen molar-refractivity contribution in [3.05, 3.63) is 24.0 Å². The van der Waals surface area contributed by atoms with Crippen LogP contribution in [0.4, 0.5) is 10.1 Å². The Hall–Kier alpha value is -1.18. The van der Waals surface area contributed by atoms with Gasteiger partial charge in [0.05, 0.1) is 11.3 Å². The van der Waals surface area contributed by atoms with Gasteiger partial charge >= 0.3 is 0 Å². The minimum absolute atomic E-state index is 0.00864. The molecule has 1 aliphatic heterocycles. The quantitative estimate of drug-likeness (QED) is 0.772. The van der Waals surface area contributed by atoms with Crippen molar-refractivity contribution in [1.82, 2.24) is 4.31 Å². The molecule has 1 aromatic rings. The molecule has 100 valence electrons. The molecule has 0 bridgehead atoms. The molecule has 1 heterocycles. The topological polar surface area (TPSA) is 83.6 Å². The number of hydrogen-bond acceptors (Lipinski definition) is 4. The van der Waals surface area contributed by atoms with E-state index in [9.17, 15) is 17.9 Å². The van der Waals surface area contributed by atoms with Crippen LogP contribution in [0, 0.1) is 5.82 Å². The van der Waals surface area contributed by atoms with Crippen LogP contribution < -0.4 is 5.73 Å². The maximum Gasteiger partial charge on any atom is 0.245 e. The van der Waals surface area contributed by atoms with Gasteiger partial charge in [0.25, 0.3) is 0 Å². The number of nitrogen functional groups attached to an aromatic ring is 1.